The summed E-state index contributed by atoms with van der Waals surface area (Å²) in [5.41, 5.74) is 1.15. The predicted molar refractivity (Wildman–Crippen MR) is 51.8 cm³/mol. The highest BCUT2D eigenvalue weighted by Crippen LogP contribution is 1.94. The average molecular weight is 193 g/mol. The smallest absolute Gasteiger partial charge is 0.0704 e. The Morgan fingerprint density at radius 1 is 1.33 bits per heavy atom. The first kappa shape index (κ1) is 11.9. The van der Waals surface area contributed by atoms with Crippen LogP contribution in [-0.4, -0.2) is 32.3 Å². The molecule has 12 heavy (non-hydrogen) atoms. The van der Waals surface area contributed by atoms with E-state index >= 15 is 0 Å². The molecule has 0 aliphatic rings. The zero-order valence-corrected chi connectivity index (χ0v) is 8.56. The van der Waals surface area contributed by atoms with Crippen molar-refractivity contribution in [2.45, 2.75) is 13.8 Å². The second-order valence-electron chi connectivity index (χ2n) is 2.46. The van der Waals surface area contributed by atoms with Crippen LogP contribution in [0.3, 0.4) is 0 Å². The summed E-state index contributed by atoms with van der Waals surface area (Å²) in [6.07, 6.45) is 1.99. The minimum absolute atomic E-state index is 0.578. The second-order valence-corrected chi connectivity index (χ2v) is 2.72. The molecule has 0 saturated carbocycles. The van der Waals surface area contributed by atoms with Crippen LogP contribution in [0.5, 0.6) is 0 Å². The van der Waals surface area contributed by atoms with E-state index in [9.17, 15) is 0 Å². The van der Waals surface area contributed by atoms with Crippen LogP contribution in [0, 0.1) is 0 Å². The number of ether oxygens (including phenoxy) is 2. The van der Waals surface area contributed by atoms with E-state index < -0.39 is 0 Å². The minimum atomic E-state index is 0.578. The van der Waals surface area contributed by atoms with E-state index in [4.69, 9.17) is 21.1 Å². The van der Waals surface area contributed by atoms with Crippen LogP contribution in [-0.2, 0) is 9.47 Å². The van der Waals surface area contributed by atoms with Crippen molar-refractivity contribution in [3.8, 4) is 0 Å². The van der Waals surface area contributed by atoms with Gasteiger partial charge in [-0.1, -0.05) is 11.6 Å². The Morgan fingerprint density at radius 2 is 2.00 bits per heavy atom. The molecular weight excluding hydrogens is 176 g/mol. The zero-order valence-electron chi connectivity index (χ0n) is 7.81. The van der Waals surface area contributed by atoms with Crippen LogP contribution >= 0.6 is 11.6 Å². The van der Waals surface area contributed by atoms with Crippen molar-refractivity contribution in [1.29, 1.82) is 0 Å². The third-order valence-electron chi connectivity index (χ3n) is 1.34. The lowest BCUT2D eigenvalue weighted by molar-refractivity contribution is 0.0642. The van der Waals surface area contributed by atoms with Crippen LogP contribution in [0.4, 0.5) is 0 Å². The van der Waals surface area contributed by atoms with Gasteiger partial charge in [-0.05, 0) is 13.8 Å². The maximum atomic E-state index is 5.57. The normalized spacial score (nSPS) is 12.1. The summed E-state index contributed by atoms with van der Waals surface area (Å²) in [5.74, 6) is 0.578. The summed E-state index contributed by atoms with van der Waals surface area (Å²) in [6.45, 7) is 6.66. The minimum Gasteiger partial charge on any atom is -0.379 e. The van der Waals surface area contributed by atoms with Crippen LogP contribution < -0.4 is 0 Å². The lowest BCUT2D eigenvalue weighted by Gasteiger charge is -2.01. The molecule has 0 aromatic carbocycles. The van der Waals surface area contributed by atoms with Gasteiger partial charge in [0.15, 0.2) is 0 Å². The molecule has 0 aromatic heterocycles. The highest BCUT2D eigenvalue weighted by Gasteiger charge is 1.87. The predicted octanol–water partition coefficient (Wildman–Crippen LogP) is 2.22. The van der Waals surface area contributed by atoms with Gasteiger partial charge in [-0.15, -0.1) is 11.6 Å². The number of halogens is 1. The van der Waals surface area contributed by atoms with E-state index in [0.29, 0.717) is 25.7 Å². The maximum Gasteiger partial charge on any atom is 0.0704 e. The van der Waals surface area contributed by atoms with Gasteiger partial charge in [-0.2, -0.15) is 0 Å². The first-order valence-corrected chi connectivity index (χ1v) is 4.71. The number of allylic oxidation sites excluding steroid dienone is 1. The summed E-state index contributed by atoms with van der Waals surface area (Å²) >= 11 is 5.57. The Kier molecular flexibility index (Phi) is 9.00. The fourth-order valence-corrected chi connectivity index (χ4v) is 0.710. The fourth-order valence-electron chi connectivity index (χ4n) is 0.601. The van der Waals surface area contributed by atoms with E-state index in [2.05, 4.69) is 0 Å². The van der Waals surface area contributed by atoms with Crippen molar-refractivity contribution in [2.75, 3.05) is 32.3 Å². The molecule has 0 unspecified atom stereocenters. The molecule has 0 radical (unpaired) electrons. The van der Waals surface area contributed by atoms with Crippen molar-refractivity contribution in [2.24, 2.45) is 0 Å². The number of hydrogen-bond donors (Lipinski definition) is 0. The van der Waals surface area contributed by atoms with E-state index in [1.807, 2.05) is 19.9 Å². The van der Waals surface area contributed by atoms with Crippen molar-refractivity contribution in [3.05, 3.63) is 11.6 Å². The van der Waals surface area contributed by atoms with Crippen molar-refractivity contribution in [3.63, 3.8) is 0 Å². The molecule has 0 spiro atoms. The van der Waals surface area contributed by atoms with Gasteiger partial charge in [0.25, 0.3) is 0 Å². The van der Waals surface area contributed by atoms with E-state index in [-0.39, 0.29) is 0 Å². The van der Waals surface area contributed by atoms with Gasteiger partial charge >= 0.3 is 0 Å². The zero-order chi connectivity index (χ0) is 9.23. The van der Waals surface area contributed by atoms with Gasteiger partial charge < -0.3 is 9.47 Å². The molecule has 0 aliphatic heterocycles. The monoisotopic (exact) mass is 192 g/mol. The van der Waals surface area contributed by atoms with E-state index in [1.54, 1.807) is 0 Å². The first-order chi connectivity index (χ1) is 5.81. The average Bonchev–Trinajstić information content (AvgIpc) is 2.10. The topological polar surface area (TPSA) is 18.5 Å². The first-order valence-electron chi connectivity index (χ1n) is 4.18. The molecule has 0 heterocycles. The van der Waals surface area contributed by atoms with Gasteiger partial charge in [0.05, 0.1) is 19.8 Å². The molecule has 72 valence electrons. The molecular formula is C9H17ClO2. The van der Waals surface area contributed by atoms with Gasteiger partial charge in [0, 0.05) is 12.5 Å². The third-order valence-corrected chi connectivity index (χ3v) is 1.76. The van der Waals surface area contributed by atoms with Crippen LogP contribution in [0.2, 0.25) is 0 Å². The lowest BCUT2D eigenvalue weighted by Crippen LogP contribution is -2.03. The van der Waals surface area contributed by atoms with Crippen LogP contribution in [0.15, 0.2) is 11.6 Å². The van der Waals surface area contributed by atoms with Gasteiger partial charge in [0.1, 0.15) is 0 Å². The highest BCUT2D eigenvalue weighted by molar-refractivity contribution is 6.19. The highest BCUT2D eigenvalue weighted by atomic mass is 35.5. The van der Waals surface area contributed by atoms with Gasteiger partial charge in [-0.25, -0.2) is 0 Å². The molecule has 0 N–H and O–H groups in total. The quantitative estimate of drug-likeness (QED) is 0.350. The largest absolute Gasteiger partial charge is 0.379 e. The molecule has 0 atom stereocenters. The fraction of sp³-hybridized carbons (Fsp3) is 0.778. The number of hydrogen-bond acceptors (Lipinski definition) is 2. The Hall–Kier alpha value is -0.0500. The van der Waals surface area contributed by atoms with Crippen molar-refractivity contribution >= 4 is 11.6 Å². The summed E-state index contributed by atoms with van der Waals surface area (Å²) in [4.78, 5) is 0. The summed E-state index contributed by atoms with van der Waals surface area (Å²) in [7, 11) is 0. The lowest BCUT2D eigenvalue weighted by atomic mass is 10.3. The molecule has 0 saturated heterocycles. The van der Waals surface area contributed by atoms with E-state index in [1.165, 1.54) is 0 Å². The van der Waals surface area contributed by atoms with Crippen LogP contribution in [0.1, 0.15) is 13.8 Å². The number of rotatable bonds is 7. The summed E-state index contributed by atoms with van der Waals surface area (Å²) in [5, 5.41) is 0. The summed E-state index contributed by atoms with van der Waals surface area (Å²) < 4.78 is 10.3. The van der Waals surface area contributed by atoms with Crippen molar-refractivity contribution in [1.82, 2.24) is 0 Å². The Bertz CT molecular complexity index is 124. The molecule has 2 nitrogen and oxygen atoms in total. The Morgan fingerprint density at radius 3 is 2.58 bits per heavy atom. The van der Waals surface area contributed by atoms with Gasteiger partial charge in [-0.3, -0.25) is 0 Å². The van der Waals surface area contributed by atoms with E-state index in [0.717, 1.165) is 12.2 Å². The summed E-state index contributed by atoms with van der Waals surface area (Å²) in [6, 6.07) is 0. The third kappa shape index (κ3) is 8.05. The maximum absolute atomic E-state index is 5.57. The molecule has 0 fully saturated rings. The standard InChI is InChI=1S/C9H17ClO2/c1-3-11-6-7-12-5-4-9(2)8-10/h4H,3,5-8H2,1-2H3/b9-4+. The second kappa shape index (κ2) is 9.04. The molecule has 0 rings (SSSR count). The Labute approximate surface area is 79.5 Å². The SMILES string of the molecule is CCOCCOC/C=C(\C)CCl. The van der Waals surface area contributed by atoms with Crippen LogP contribution in [0.25, 0.3) is 0 Å². The molecule has 0 aromatic rings. The molecule has 0 aliphatic carbocycles. The number of alkyl halides is 1. The molecule has 0 bridgehead atoms. The molecule has 0 amide bonds. The van der Waals surface area contributed by atoms with Gasteiger partial charge in [0.2, 0.25) is 0 Å². The Balaban J connectivity index is 3.10. The molecule has 3 heteroatoms. The van der Waals surface area contributed by atoms with Crippen molar-refractivity contribution < 1.29 is 9.47 Å².